The summed E-state index contributed by atoms with van der Waals surface area (Å²) in [4.78, 5) is 16.7. The Bertz CT molecular complexity index is 1420. The van der Waals surface area contributed by atoms with Gasteiger partial charge in [-0.1, -0.05) is 16.8 Å². The molecule has 1 aliphatic heterocycles. The molecule has 1 aliphatic rings. The highest BCUT2D eigenvalue weighted by molar-refractivity contribution is 6.33. The van der Waals surface area contributed by atoms with E-state index in [2.05, 4.69) is 26.4 Å². The number of aryl methyl sites for hydroxylation is 2. The van der Waals surface area contributed by atoms with Crippen molar-refractivity contribution in [2.24, 2.45) is 0 Å². The molecule has 0 bridgehead atoms. The Morgan fingerprint density at radius 3 is 2.81 bits per heavy atom. The van der Waals surface area contributed by atoms with E-state index in [1.165, 1.54) is 0 Å². The molecule has 2 N–H and O–H groups in total. The number of benzene rings is 1. The van der Waals surface area contributed by atoms with Crippen molar-refractivity contribution in [1.29, 1.82) is 0 Å². The van der Waals surface area contributed by atoms with E-state index < -0.39 is 6.10 Å². The van der Waals surface area contributed by atoms with E-state index in [4.69, 9.17) is 30.8 Å². The van der Waals surface area contributed by atoms with Gasteiger partial charge in [0.25, 0.3) is 0 Å². The van der Waals surface area contributed by atoms with Crippen LogP contribution in [0, 0.1) is 20.8 Å². The Labute approximate surface area is 220 Å². The highest BCUT2D eigenvalue weighted by Gasteiger charge is 2.28. The monoisotopic (exact) mass is 520 g/mol. The van der Waals surface area contributed by atoms with Gasteiger partial charge < -0.3 is 24.6 Å². The number of nitrogens with one attached hydrogen (secondary N) is 1. The quantitative estimate of drug-likeness (QED) is 0.348. The van der Waals surface area contributed by atoms with Gasteiger partial charge in [0, 0.05) is 36.8 Å². The van der Waals surface area contributed by atoms with Crippen LogP contribution in [0.5, 0.6) is 5.75 Å². The molecule has 4 heterocycles. The molecule has 37 heavy (non-hydrogen) atoms. The number of hydrogen-bond donors (Lipinski definition) is 2. The van der Waals surface area contributed by atoms with Crippen LogP contribution in [-0.4, -0.2) is 58.1 Å². The molecular formula is C27H29ClN6O3. The standard InChI is InChI=1S/C27H29ClN6O3/c1-15-25(24-16(2)33-37-17(24)3)31-26(32-27(15)34-11-9-22-23(34)6-5-10-30-22)20-12-19(7-8-21(20)28)36-14-18(35)13-29-4/h5-8,10,12,18,29,35H,9,11,13-14H2,1-4H3/t18-/m1/s1. The maximum Gasteiger partial charge on any atom is 0.163 e. The average molecular weight is 521 g/mol. The van der Waals surface area contributed by atoms with Crippen LogP contribution < -0.4 is 15.0 Å². The second kappa shape index (κ2) is 10.5. The summed E-state index contributed by atoms with van der Waals surface area (Å²) >= 11 is 6.67. The normalized spacial score (nSPS) is 13.6. The third-order valence-corrected chi connectivity index (χ3v) is 6.77. The third kappa shape index (κ3) is 4.90. The van der Waals surface area contributed by atoms with Crippen LogP contribution in [0.1, 0.15) is 22.7 Å². The number of fused-ring (bicyclic) bond motifs is 1. The lowest BCUT2D eigenvalue weighted by Gasteiger charge is -2.23. The number of likely N-dealkylation sites (N-methyl/N-ethyl adjacent to an activating group) is 1. The number of halogens is 1. The van der Waals surface area contributed by atoms with Crippen LogP contribution in [0.25, 0.3) is 22.6 Å². The number of hydrogen-bond acceptors (Lipinski definition) is 9. The Kier molecular flexibility index (Phi) is 7.10. The number of aliphatic hydroxyl groups is 1. The van der Waals surface area contributed by atoms with Crippen LogP contribution in [0.3, 0.4) is 0 Å². The molecule has 0 unspecified atom stereocenters. The summed E-state index contributed by atoms with van der Waals surface area (Å²) < 4.78 is 11.3. The van der Waals surface area contributed by atoms with Crippen LogP contribution in [-0.2, 0) is 6.42 Å². The first kappa shape index (κ1) is 25.1. The summed E-state index contributed by atoms with van der Waals surface area (Å²) in [6.07, 6.45) is 2.00. The van der Waals surface area contributed by atoms with Crippen molar-refractivity contribution < 1.29 is 14.4 Å². The van der Waals surface area contributed by atoms with E-state index in [9.17, 15) is 5.11 Å². The summed E-state index contributed by atoms with van der Waals surface area (Å²) in [6.45, 7) is 7.12. The van der Waals surface area contributed by atoms with Crippen molar-refractivity contribution in [2.45, 2.75) is 33.3 Å². The van der Waals surface area contributed by atoms with Crippen molar-refractivity contribution in [3.05, 3.63) is 64.3 Å². The summed E-state index contributed by atoms with van der Waals surface area (Å²) in [6, 6.07) is 9.32. The van der Waals surface area contributed by atoms with E-state index >= 15 is 0 Å². The lowest BCUT2D eigenvalue weighted by molar-refractivity contribution is 0.108. The van der Waals surface area contributed by atoms with Crippen molar-refractivity contribution >= 4 is 23.1 Å². The molecule has 1 atom stereocenters. The molecule has 0 spiro atoms. The number of rotatable bonds is 8. The molecule has 5 rings (SSSR count). The van der Waals surface area contributed by atoms with E-state index in [1.807, 2.05) is 33.0 Å². The van der Waals surface area contributed by atoms with Gasteiger partial charge in [-0.2, -0.15) is 0 Å². The molecule has 0 fully saturated rings. The molecule has 4 aromatic rings. The highest BCUT2D eigenvalue weighted by atomic mass is 35.5. The Hall–Kier alpha value is -3.53. The fourth-order valence-corrected chi connectivity index (χ4v) is 4.83. The Balaban J connectivity index is 1.64. The second-order valence-corrected chi connectivity index (χ2v) is 9.49. The van der Waals surface area contributed by atoms with Gasteiger partial charge in [0.2, 0.25) is 0 Å². The molecule has 0 radical (unpaired) electrons. The first-order valence-electron chi connectivity index (χ1n) is 12.2. The van der Waals surface area contributed by atoms with Gasteiger partial charge in [0.05, 0.1) is 33.4 Å². The molecule has 0 aliphatic carbocycles. The molecule has 0 amide bonds. The fraction of sp³-hybridized carbons (Fsp3) is 0.333. The molecule has 1 aromatic carbocycles. The van der Waals surface area contributed by atoms with Gasteiger partial charge >= 0.3 is 0 Å². The average Bonchev–Trinajstić information content (AvgIpc) is 3.47. The largest absolute Gasteiger partial charge is 0.491 e. The molecule has 192 valence electrons. The van der Waals surface area contributed by atoms with Crippen molar-refractivity contribution in [1.82, 2.24) is 25.4 Å². The topological polar surface area (TPSA) is 109 Å². The van der Waals surface area contributed by atoms with Gasteiger partial charge in [-0.25, -0.2) is 9.97 Å². The minimum absolute atomic E-state index is 0.143. The van der Waals surface area contributed by atoms with E-state index in [0.29, 0.717) is 34.5 Å². The Morgan fingerprint density at radius 2 is 2.05 bits per heavy atom. The summed E-state index contributed by atoms with van der Waals surface area (Å²) in [5.41, 5.74) is 5.93. The van der Waals surface area contributed by atoms with E-state index in [1.54, 1.807) is 25.2 Å². The lowest BCUT2D eigenvalue weighted by Crippen LogP contribution is -2.29. The summed E-state index contributed by atoms with van der Waals surface area (Å²) in [5, 5.41) is 17.6. The van der Waals surface area contributed by atoms with Crippen LogP contribution in [0.2, 0.25) is 5.02 Å². The molecule has 9 nitrogen and oxygen atoms in total. The lowest BCUT2D eigenvalue weighted by atomic mass is 10.0. The zero-order chi connectivity index (χ0) is 26.1. The highest BCUT2D eigenvalue weighted by Crippen LogP contribution is 2.40. The number of aromatic nitrogens is 4. The number of ether oxygens (including phenoxy) is 1. The summed E-state index contributed by atoms with van der Waals surface area (Å²) in [7, 11) is 1.78. The maximum absolute atomic E-state index is 10.1. The fourth-order valence-electron chi connectivity index (χ4n) is 4.63. The van der Waals surface area contributed by atoms with Crippen molar-refractivity contribution in [3.63, 3.8) is 0 Å². The molecule has 0 saturated heterocycles. The van der Waals surface area contributed by atoms with Crippen molar-refractivity contribution in [2.75, 3.05) is 31.6 Å². The molecule has 3 aromatic heterocycles. The van der Waals surface area contributed by atoms with Crippen LogP contribution in [0.15, 0.2) is 41.1 Å². The summed E-state index contributed by atoms with van der Waals surface area (Å²) in [5.74, 6) is 2.48. The number of nitrogens with zero attached hydrogens (tertiary/aromatic N) is 5. The first-order chi connectivity index (χ1) is 17.9. The first-order valence-corrected chi connectivity index (χ1v) is 12.5. The number of pyridine rings is 1. The van der Waals surface area contributed by atoms with Gasteiger partial charge in [-0.15, -0.1) is 0 Å². The molecule has 0 saturated carbocycles. The predicted octanol–water partition coefficient (Wildman–Crippen LogP) is 4.43. The Morgan fingerprint density at radius 1 is 1.22 bits per heavy atom. The van der Waals surface area contributed by atoms with Crippen LogP contribution >= 0.6 is 11.6 Å². The third-order valence-electron chi connectivity index (χ3n) is 6.44. The SMILES string of the molecule is CNC[C@@H](O)COc1ccc(Cl)c(-c2nc(-c3c(C)noc3C)c(C)c(N3CCc4ncccc43)n2)c1. The minimum Gasteiger partial charge on any atom is -0.491 e. The smallest absolute Gasteiger partial charge is 0.163 e. The maximum atomic E-state index is 10.1. The van der Waals surface area contributed by atoms with Crippen LogP contribution in [0.4, 0.5) is 11.5 Å². The predicted molar refractivity (Wildman–Crippen MR) is 143 cm³/mol. The number of anilines is 2. The molecule has 10 heteroatoms. The molecular weight excluding hydrogens is 492 g/mol. The number of aliphatic hydroxyl groups excluding tert-OH is 1. The van der Waals surface area contributed by atoms with E-state index in [0.717, 1.165) is 52.7 Å². The van der Waals surface area contributed by atoms with E-state index in [-0.39, 0.29) is 6.61 Å². The zero-order valence-electron chi connectivity index (χ0n) is 21.2. The van der Waals surface area contributed by atoms with Gasteiger partial charge in [-0.05, 0) is 58.2 Å². The zero-order valence-corrected chi connectivity index (χ0v) is 22.0. The second-order valence-electron chi connectivity index (χ2n) is 9.08. The van der Waals surface area contributed by atoms with Gasteiger partial charge in [0.15, 0.2) is 5.82 Å². The minimum atomic E-state index is -0.638. The van der Waals surface area contributed by atoms with Gasteiger partial charge in [-0.3, -0.25) is 4.98 Å². The van der Waals surface area contributed by atoms with Gasteiger partial charge in [0.1, 0.15) is 30.0 Å². The van der Waals surface area contributed by atoms with Crippen molar-refractivity contribution in [3.8, 4) is 28.4 Å².